The van der Waals surface area contributed by atoms with Gasteiger partial charge in [0.05, 0.1) is 17.6 Å². The number of nitrogens with zero attached hydrogens (tertiary/aromatic N) is 4. The second kappa shape index (κ2) is 8.45. The average molecular weight is 355 g/mol. The molecule has 1 fully saturated rings. The Morgan fingerprint density at radius 1 is 1.35 bits per heavy atom. The summed E-state index contributed by atoms with van der Waals surface area (Å²) in [6.45, 7) is 6.03. The number of hydrogen-bond acceptors (Lipinski definition) is 4. The van der Waals surface area contributed by atoms with Crippen molar-refractivity contribution in [2.75, 3.05) is 13.6 Å². The second-order valence-corrected chi connectivity index (χ2v) is 7.21. The van der Waals surface area contributed by atoms with Gasteiger partial charge in [-0.3, -0.25) is 4.79 Å². The monoisotopic (exact) mass is 355 g/mol. The fourth-order valence-electron chi connectivity index (χ4n) is 3.64. The Balaban J connectivity index is 1.71. The molecule has 26 heavy (non-hydrogen) atoms. The molecule has 1 aliphatic carbocycles. The number of nitrogens with one attached hydrogen (secondary N) is 1. The summed E-state index contributed by atoms with van der Waals surface area (Å²) in [6, 6.07) is 7.89. The standard InChI is InChI=1S/C20H29N5O/c1-4-15-8-7-11-19(15)21-20(26)16-9-6-10-18(12-16)25-14-17(22-23-25)13-24(3)5-2/h6,9-10,12,14-15,19H,4-5,7-8,11,13H2,1-3H3,(H,21,26). The van der Waals surface area contributed by atoms with Crippen LogP contribution in [0, 0.1) is 5.92 Å². The predicted molar refractivity (Wildman–Crippen MR) is 102 cm³/mol. The normalized spacial score (nSPS) is 19.8. The van der Waals surface area contributed by atoms with E-state index in [-0.39, 0.29) is 5.91 Å². The van der Waals surface area contributed by atoms with Crippen LogP contribution in [0.2, 0.25) is 0 Å². The van der Waals surface area contributed by atoms with Gasteiger partial charge in [0.15, 0.2) is 0 Å². The third-order valence-electron chi connectivity index (χ3n) is 5.39. The summed E-state index contributed by atoms with van der Waals surface area (Å²) in [7, 11) is 2.05. The minimum atomic E-state index is 0.00301. The second-order valence-electron chi connectivity index (χ2n) is 7.21. The first kappa shape index (κ1) is 18.6. The van der Waals surface area contributed by atoms with Gasteiger partial charge < -0.3 is 10.2 Å². The minimum absolute atomic E-state index is 0.00301. The van der Waals surface area contributed by atoms with Crippen LogP contribution in [0.25, 0.3) is 5.69 Å². The van der Waals surface area contributed by atoms with Crippen LogP contribution in [0.5, 0.6) is 0 Å². The molecule has 6 nitrogen and oxygen atoms in total. The van der Waals surface area contributed by atoms with Crippen molar-refractivity contribution in [2.24, 2.45) is 5.92 Å². The molecule has 1 aromatic carbocycles. The molecule has 1 N–H and O–H groups in total. The first-order valence-corrected chi connectivity index (χ1v) is 9.61. The highest BCUT2D eigenvalue weighted by Gasteiger charge is 2.27. The zero-order valence-corrected chi connectivity index (χ0v) is 16.0. The van der Waals surface area contributed by atoms with Crippen LogP contribution in [0.1, 0.15) is 55.6 Å². The molecule has 3 rings (SSSR count). The van der Waals surface area contributed by atoms with Crippen LogP contribution in [0.4, 0.5) is 0 Å². The van der Waals surface area contributed by atoms with Crippen molar-refractivity contribution in [2.45, 2.75) is 52.1 Å². The molecule has 2 atom stereocenters. The van der Waals surface area contributed by atoms with Crippen molar-refractivity contribution in [3.63, 3.8) is 0 Å². The lowest BCUT2D eigenvalue weighted by molar-refractivity contribution is 0.0927. The van der Waals surface area contributed by atoms with Crippen LogP contribution >= 0.6 is 0 Å². The Labute approximate surface area is 155 Å². The number of carbonyl (C=O) groups is 1. The van der Waals surface area contributed by atoms with Crippen molar-refractivity contribution in [3.05, 3.63) is 41.7 Å². The van der Waals surface area contributed by atoms with E-state index in [0.717, 1.165) is 37.3 Å². The summed E-state index contributed by atoms with van der Waals surface area (Å²) in [6.07, 6.45) is 6.56. The first-order valence-electron chi connectivity index (χ1n) is 9.61. The number of benzene rings is 1. The molecule has 6 heteroatoms. The molecule has 1 saturated carbocycles. The lowest BCUT2D eigenvalue weighted by Gasteiger charge is -2.19. The molecule has 2 unspecified atom stereocenters. The topological polar surface area (TPSA) is 63.1 Å². The van der Waals surface area contributed by atoms with Crippen molar-refractivity contribution >= 4 is 5.91 Å². The highest BCUT2D eigenvalue weighted by atomic mass is 16.1. The molecule has 1 heterocycles. The fraction of sp³-hybridized carbons (Fsp3) is 0.550. The highest BCUT2D eigenvalue weighted by Crippen LogP contribution is 2.28. The molecule has 1 aromatic heterocycles. The Bertz CT molecular complexity index is 741. The Morgan fingerprint density at radius 3 is 2.96 bits per heavy atom. The molecule has 1 aliphatic rings. The summed E-state index contributed by atoms with van der Waals surface area (Å²) < 4.78 is 1.74. The van der Waals surface area contributed by atoms with E-state index in [0.29, 0.717) is 17.5 Å². The predicted octanol–water partition coefficient (Wildman–Crippen LogP) is 3.03. The van der Waals surface area contributed by atoms with Crippen LogP contribution in [-0.4, -0.2) is 45.4 Å². The van der Waals surface area contributed by atoms with Crippen molar-refractivity contribution < 1.29 is 4.79 Å². The maximum Gasteiger partial charge on any atom is 0.251 e. The zero-order valence-electron chi connectivity index (χ0n) is 16.0. The summed E-state index contributed by atoms with van der Waals surface area (Å²) >= 11 is 0. The van der Waals surface area contributed by atoms with E-state index in [1.165, 1.54) is 12.8 Å². The van der Waals surface area contributed by atoms with Crippen molar-refractivity contribution in [1.29, 1.82) is 0 Å². The average Bonchev–Trinajstić information content (AvgIpc) is 3.31. The summed E-state index contributed by atoms with van der Waals surface area (Å²) in [5, 5.41) is 11.7. The SMILES string of the molecule is CCC1CCCC1NC(=O)c1cccc(-n2cc(CN(C)CC)nn2)c1. The molecule has 140 valence electrons. The Hall–Kier alpha value is -2.21. The number of rotatable bonds is 7. The third kappa shape index (κ3) is 4.30. The van der Waals surface area contributed by atoms with E-state index in [9.17, 15) is 4.79 Å². The molecule has 0 aliphatic heterocycles. The van der Waals surface area contributed by atoms with E-state index in [4.69, 9.17) is 0 Å². The number of carbonyl (C=O) groups excluding carboxylic acids is 1. The number of amides is 1. The minimum Gasteiger partial charge on any atom is -0.349 e. The summed E-state index contributed by atoms with van der Waals surface area (Å²) in [4.78, 5) is 14.8. The van der Waals surface area contributed by atoms with Crippen LogP contribution in [0.15, 0.2) is 30.5 Å². The Morgan fingerprint density at radius 2 is 2.19 bits per heavy atom. The van der Waals surface area contributed by atoms with Crippen LogP contribution in [-0.2, 0) is 6.54 Å². The first-order chi connectivity index (χ1) is 12.6. The molecular weight excluding hydrogens is 326 g/mol. The van der Waals surface area contributed by atoms with Crippen LogP contribution < -0.4 is 5.32 Å². The van der Waals surface area contributed by atoms with Gasteiger partial charge >= 0.3 is 0 Å². The van der Waals surface area contributed by atoms with Gasteiger partial charge in [0, 0.05) is 18.2 Å². The smallest absolute Gasteiger partial charge is 0.251 e. The maximum atomic E-state index is 12.7. The molecule has 2 aromatic rings. The fourth-order valence-corrected chi connectivity index (χ4v) is 3.64. The van der Waals surface area contributed by atoms with Gasteiger partial charge in [-0.15, -0.1) is 5.10 Å². The van der Waals surface area contributed by atoms with Crippen molar-refractivity contribution in [1.82, 2.24) is 25.2 Å². The van der Waals surface area contributed by atoms with Gasteiger partial charge in [-0.25, -0.2) is 4.68 Å². The summed E-state index contributed by atoms with van der Waals surface area (Å²) in [5.41, 5.74) is 2.45. The quantitative estimate of drug-likeness (QED) is 0.829. The Kier molecular flexibility index (Phi) is 6.04. The summed E-state index contributed by atoms with van der Waals surface area (Å²) in [5.74, 6) is 0.610. The molecule has 0 bridgehead atoms. The zero-order chi connectivity index (χ0) is 18.5. The van der Waals surface area contributed by atoms with Crippen LogP contribution in [0.3, 0.4) is 0 Å². The molecule has 0 radical (unpaired) electrons. The largest absolute Gasteiger partial charge is 0.349 e. The van der Waals surface area contributed by atoms with E-state index < -0.39 is 0 Å². The maximum absolute atomic E-state index is 12.7. The molecule has 0 saturated heterocycles. The van der Waals surface area contributed by atoms with Gasteiger partial charge in [-0.05, 0) is 50.6 Å². The van der Waals surface area contributed by atoms with Gasteiger partial charge in [0.25, 0.3) is 5.91 Å². The lowest BCUT2D eigenvalue weighted by Crippen LogP contribution is -2.37. The number of hydrogen-bond donors (Lipinski definition) is 1. The molecule has 0 spiro atoms. The highest BCUT2D eigenvalue weighted by molar-refractivity contribution is 5.94. The van der Waals surface area contributed by atoms with Gasteiger partial charge in [-0.2, -0.15) is 0 Å². The van der Waals surface area contributed by atoms with Crippen molar-refractivity contribution in [3.8, 4) is 5.69 Å². The molecular formula is C20H29N5O. The third-order valence-corrected chi connectivity index (χ3v) is 5.39. The lowest BCUT2D eigenvalue weighted by atomic mass is 10.0. The van der Waals surface area contributed by atoms with Gasteiger partial charge in [0.2, 0.25) is 0 Å². The van der Waals surface area contributed by atoms with E-state index >= 15 is 0 Å². The number of aromatic nitrogens is 3. The van der Waals surface area contributed by atoms with E-state index in [1.54, 1.807) is 4.68 Å². The van der Waals surface area contributed by atoms with E-state index in [2.05, 4.69) is 41.4 Å². The van der Waals surface area contributed by atoms with Gasteiger partial charge in [-0.1, -0.05) is 38.0 Å². The molecule has 1 amide bonds. The van der Waals surface area contributed by atoms with Gasteiger partial charge in [0.1, 0.15) is 0 Å². The van der Waals surface area contributed by atoms with E-state index in [1.807, 2.05) is 30.5 Å².